The Morgan fingerprint density at radius 1 is 1.15 bits per heavy atom. The summed E-state index contributed by atoms with van der Waals surface area (Å²) in [6.45, 7) is 3.39. The number of amides is 3. The molecular weight excluding hydrogens is 332 g/mol. The molecule has 4 heterocycles. The Labute approximate surface area is 151 Å². The second kappa shape index (κ2) is 6.36. The fraction of sp³-hybridized carbons (Fsp3) is 0.389. The van der Waals surface area contributed by atoms with Gasteiger partial charge in [-0.1, -0.05) is 6.07 Å². The lowest BCUT2D eigenvalue weighted by atomic mass is 9.73. The smallest absolute Gasteiger partial charge is 0.322 e. The van der Waals surface area contributed by atoms with Crippen molar-refractivity contribution in [2.45, 2.75) is 25.3 Å². The third-order valence-corrected chi connectivity index (χ3v) is 5.23. The number of imide groups is 1. The molecule has 0 unspecified atom stereocenters. The van der Waals surface area contributed by atoms with Gasteiger partial charge in [0.15, 0.2) is 11.4 Å². The molecule has 2 saturated heterocycles. The third kappa shape index (κ3) is 2.67. The van der Waals surface area contributed by atoms with Gasteiger partial charge in [0.05, 0.1) is 5.69 Å². The summed E-state index contributed by atoms with van der Waals surface area (Å²) in [5.74, 6) is 0.515. The Bertz CT molecular complexity index is 817. The zero-order chi connectivity index (χ0) is 18.1. The number of rotatable bonds is 3. The van der Waals surface area contributed by atoms with Crippen molar-refractivity contribution in [3.05, 3.63) is 47.9 Å². The van der Waals surface area contributed by atoms with Crippen molar-refractivity contribution in [3.63, 3.8) is 0 Å². The van der Waals surface area contributed by atoms with Gasteiger partial charge in [-0.15, -0.1) is 5.10 Å². The van der Waals surface area contributed by atoms with Gasteiger partial charge in [0.2, 0.25) is 0 Å². The zero-order valence-electron chi connectivity index (χ0n) is 14.5. The van der Waals surface area contributed by atoms with Crippen molar-refractivity contribution in [3.8, 4) is 0 Å². The fourth-order valence-corrected chi connectivity index (χ4v) is 3.89. The molecule has 0 aromatic carbocycles. The molecule has 2 aromatic rings. The van der Waals surface area contributed by atoms with E-state index in [0.29, 0.717) is 0 Å². The molecule has 2 aliphatic heterocycles. The van der Waals surface area contributed by atoms with Crippen LogP contribution in [0.1, 0.15) is 24.1 Å². The monoisotopic (exact) mass is 352 g/mol. The number of urea groups is 1. The summed E-state index contributed by atoms with van der Waals surface area (Å²) in [5, 5.41) is 13.6. The molecule has 0 aliphatic carbocycles. The van der Waals surface area contributed by atoms with Crippen LogP contribution in [0.25, 0.3) is 0 Å². The van der Waals surface area contributed by atoms with Crippen molar-refractivity contribution in [1.82, 2.24) is 25.8 Å². The van der Waals surface area contributed by atoms with Crippen molar-refractivity contribution < 1.29 is 9.59 Å². The molecule has 4 rings (SSSR count). The molecule has 0 radical (unpaired) electrons. The molecule has 0 bridgehead atoms. The van der Waals surface area contributed by atoms with Crippen LogP contribution < -0.4 is 15.5 Å². The SMILES string of the molecule is Cc1ccc(N2CCC([C@@]3(c4cccnc4)NC(=O)NC3=O)CC2)nn1. The lowest BCUT2D eigenvalue weighted by Gasteiger charge is -2.40. The van der Waals surface area contributed by atoms with Gasteiger partial charge in [-0.2, -0.15) is 5.10 Å². The Morgan fingerprint density at radius 3 is 2.54 bits per heavy atom. The Balaban J connectivity index is 1.58. The number of hydrogen-bond acceptors (Lipinski definition) is 6. The molecule has 134 valence electrons. The average Bonchev–Trinajstić information content (AvgIpc) is 2.98. The normalized spacial score (nSPS) is 23.7. The topological polar surface area (TPSA) is 100 Å². The highest BCUT2D eigenvalue weighted by Crippen LogP contribution is 2.39. The van der Waals surface area contributed by atoms with Gasteiger partial charge in [0, 0.05) is 31.0 Å². The summed E-state index contributed by atoms with van der Waals surface area (Å²) in [7, 11) is 0. The minimum atomic E-state index is -1.06. The van der Waals surface area contributed by atoms with Gasteiger partial charge >= 0.3 is 6.03 Å². The lowest BCUT2D eigenvalue weighted by molar-refractivity contribution is -0.126. The lowest BCUT2D eigenvalue weighted by Crippen LogP contribution is -2.53. The second-order valence-corrected chi connectivity index (χ2v) is 6.75. The zero-order valence-corrected chi connectivity index (χ0v) is 14.5. The molecule has 8 heteroatoms. The molecule has 26 heavy (non-hydrogen) atoms. The summed E-state index contributed by atoms with van der Waals surface area (Å²) in [5.41, 5.74) is 0.539. The van der Waals surface area contributed by atoms with E-state index in [1.54, 1.807) is 18.5 Å². The summed E-state index contributed by atoms with van der Waals surface area (Å²) < 4.78 is 0. The molecular formula is C18H20N6O2. The van der Waals surface area contributed by atoms with Crippen LogP contribution in [0.4, 0.5) is 10.6 Å². The highest BCUT2D eigenvalue weighted by Gasteiger charge is 2.53. The number of aromatic nitrogens is 3. The van der Waals surface area contributed by atoms with Crippen LogP contribution in [0.5, 0.6) is 0 Å². The number of pyridine rings is 1. The molecule has 1 atom stereocenters. The van der Waals surface area contributed by atoms with Gasteiger partial charge in [-0.05, 0) is 43.9 Å². The number of hydrogen-bond donors (Lipinski definition) is 2. The van der Waals surface area contributed by atoms with E-state index in [2.05, 4.69) is 30.7 Å². The van der Waals surface area contributed by atoms with Crippen LogP contribution in [0.15, 0.2) is 36.7 Å². The molecule has 8 nitrogen and oxygen atoms in total. The van der Waals surface area contributed by atoms with Gasteiger partial charge in [0.25, 0.3) is 5.91 Å². The number of aryl methyl sites for hydroxylation is 1. The van der Waals surface area contributed by atoms with Crippen molar-refractivity contribution >= 4 is 17.8 Å². The maximum atomic E-state index is 12.7. The van der Waals surface area contributed by atoms with Crippen molar-refractivity contribution in [2.75, 3.05) is 18.0 Å². The molecule has 2 aliphatic rings. The summed E-state index contributed by atoms with van der Waals surface area (Å²) in [6.07, 6.45) is 4.81. The maximum Gasteiger partial charge on any atom is 0.322 e. The molecule has 2 N–H and O–H groups in total. The summed E-state index contributed by atoms with van der Waals surface area (Å²) >= 11 is 0. The first-order chi connectivity index (χ1) is 12.6. The molecule has 0 saturated carbocycles. The Morgan fingerprint density at radius 2 is 1.96 bits per heavy atom. The van der Waals surface area contributed by atoms with Crippen LogP contribution >= 0.6 is 0 Å². The number of carbonyl (C=O) groups excluding carboxylic acids is 2. The molecule has 2 fully saturated rings. The number of nitrogens with one attached hydrogen (secondary N) is 2. The number of piperidine rings is 1. The standard InChI is InChI=1S/C18H20N6O2/c1-12-4-5-15(23-22-12)24-9-6-13(7-10-24)18(14-3-2-8-19-11-14)16(25)20-17(26)21-18/h2-5,8,11,13H,6-7,9-10H2,1H3,(H2,20,21,25,26)/t18-/m0/s1. The van der Waals surface area contributed by atoms with Crippen LogP contribution in [0, 0.1) is 12.8 Å². The molecule has 2 aromatic heterocycles. The van der Waals surface area contributed by atoms with Gasteiger partial charge < -0.3 is 10.2 Å². The number of carbonyl (C=O) groups is 2. The van der Waals surface area contributed by atoms with E-state index in [-0.39, 0.29) is 11.8 Å². The predicted octanol–water partition coefficient (Wildman–Crippen LogP) is 1.13. The third-order valence-electron chi connectivity index (χ3n) is 5.23. The van der Waals surface area contributed by atoms with E-state index in [1.165, 1.54) is 0 Å². The van der Waals surface area contributed by atoms with E-state index in [1.807, 2.05) is 25.1 Å². The van der Waals surface area contributed by atoms with Crippen LogP contribution in [-0.4, -0.2) is 40.2 Å². The Kier molecular flexibility index (Phi) is 4.02. The van der Waals surface area contributed by atoms with Crippen LogP contribution in [0.2, 0.25) is 0 Å². The first kappa shape index (κ1) is 16.4. The van der Waals surface area contributed by atoms with Crippen molar-refractivity contribution in [2.24, 2.45) is 5.92 Å². The van der Waals surface area contributed by atoms with E-state index >= 15 is 0 Å². The van der Waals surface area contributed by atoms with Gasteiger partial charge in [-0.25, -0.2) is 4.79 Å². The predicted molar refractivity (Wildman–Crippen MR) is 94.3 cm³/mol. The minimum Gasteiger partial charge on any atom is -0.355 e. The van der Waals surface area contributed by atoms with Gasteiger partial charge in [-0.3, -0.25) is 15.1 Å². The van der Waals surface area contributed by atoms with E-state index < -0.39 is 11.6 Å². The highest BCUT2D eigenvalue weighted by atomic mass is 16.2. The van der Waals surface area contributed by atoms with Gasteiger partial charge in [0.1, 0.15) is 0 Å². The average molecular weight is 352 g/mol. The number of nitrogens with zero attached hydrogens (tertiary/aromatic N) is 4. The van der Waals surface area contributed by atoms with E-state index in [4.69, 9.17) is 0 Å². The quantitative estimate of drug-likeness (QED) is 0.804. The minimum absolute atomic E-state index is 0.0205. The largest absolute Gasteiger partial charge is 0.355 e. The highest BCUT2D eigenvalue weighted by molar-refractivity contribution is 6.07. The first-order valence-electron chi connectivity index (χ1n) is 8.69. The fourth-order valence-electron chi connectivity index (χ4n) is 3.89. The maximum absolute atomic E-state index is 12.7. The van der Waals surface area contributed by atoms with E-state index in [0.717, 1.165) is 43.0 Å². The second-order valence-electron chi connectivity index (χ2n) is 6.75. The summed E-state index contributed by atoms with van der Waals surface area (Å²) in [4.78, 5) is 30.9. The molecule has 0 spiro atoms. The van der Waals surface area contributed by atoms with Crippen molar-refractivity contribution in [1.29, 1.82) is 0 Å². The molecule has 3 amide bonds. The number of anilines is 1. The Hall–Kier alpha value is -3.03. The van der Waals surface area contributed by atoms with E-state index in [9.17, 15) is 9.59 Å². The van der Waals surface area contributed by atoms with Crippen LogP contribution in [0.3, 0.4) is 0 Å². The van der Waals surface area contributed by atoms with Crippen LogP contribution in [-0.2, 0) is 10.3 Å². The summed E-state index contributed by atoms with van der Waals surface area (Å²) in [6, 6.07) is 7.08. The first-order valence-corrected chi connectivity index (χ1v) is 8.69.